The highest BCUT2D eigenvalue weighted by molar-refractivity contribution is 6.31. The smallest absolute Gasteiger partial charge is 0.242 e. The van der Waals surface area contributed by atoms with Gasteiger partial charge in [-0.15, -0.1) is 0 Å². The van der Waals surface area contributed by atoms with Crippen LogP contribution < -0.4 is 10.5 Å². The predicted molar refractivity (Wildman–Crippen MR) is 69.9 cm³/mol. The van der Waals surface area contributed by atoms with E-state index >= 15 is 0 Å². The average Bonchev–Trinajstić information content (AvgIpc) is 2.27. The zero-order valence-corrected chi connectivity index (χ0v) is 10.6. The second-order valence-corrected chi connectivity index (χ2v) is 4.40. The van der Waals surface area contributed by atoms with E-state index < -0.39 is 0 Å². The lowest BCUT2D eigenvalue weighted by Gasteiger charge is -2.08. The number of hydrogen-bond acceptors (Lipinski definition) is 3. The zero-order valence-electron chi connectivity index (χ0n) is 9.08. The van der Waals surface area contributed by atoms with Gasteiger partial charge in [-0.3, -0.25) is 0 Å². The van der Waals surface area contributed by atoms with Crippen molar-refractivity contribution in [3.63, 3.8) is 0 Å². The molecule has 0 fully saturated rings. The van der Waals surface area contributed by atoms with Gasteiger partial charge in [0.1, 0.15) is 5.75 Å². The second kappa shape index (κ2) is 4.82. The lowest BCUT2D eigenvalue weighted by molar-refractivity contribution is 0.465. The van der Waals surface area contributed by atoms with E-state index in [-0.39, 0.29) is 0 Å². The predicted octanol–water partition coefficient (Wildman–Crippen LogP) is 4.07. The molecule has 1 aromatic carbocycles. The number of nitrogens with zero attached hydrogens (tertiary/aromatic N) is 1. The maximum atomic E-state index is 5.92. The third-order valence-electron chi connectivity index (χ3n) is 2.19. The van der Waals surface area contributed by atoms with Crippen molar-refractivity contribution >= 4 is 28.9 Å². The SMILES string of the molecule is Cc1cc(Oc2ncc(Cl)cc2N)ccc1Cl. The van der Waals surface area contributed by atoms with Gasteiger partial charge in [-0.1, -0.05) is 23.2 Å². The lowest BCUT2D eigenvalue weighted by Crippen LogP contribution is -1.95. The van der Waals surface area contributed by atoms with Crippen LogP contribution in [0.1, 0.15) is 5.56 Å². The summed E-state index contributed by atoms with van der Waals surface area (Å²) in [5.41, 5.74) is 7.06. The van der Waals surface area contributed by atoms with Crippen molar-refractivity contribution in [3.05, 3.63) is 46.1 Å². The number of aryl methyl sites for hydroxylation is 1. The number of anilines is 1. The van der Waals surface area contributed by atoms with Crippen LogP contribution in [0, 0.1) is 6.92 Å². The number of ether oxygens (including phenoxy) is 1. The van der Waals surface area contributed by atoms with Gasteiger partial charge in [-0.2, -0.15) is 0 Å². The van der Waals surface area contributed by atoms with Gasteiger partial charge < -0.3 is 10.5 Å². The number of rotatable bonds is 2. The molecule has 2 rings (SSSR count). The number of benzene rings is 1. The van der Waals surface area contributed by atoms with E-state index in [0.717, 1.165) is 5.56 Å². The van der Waals surface area contributed by atoms with Crippen LogP contribution in [-0.4, -0.2) is 4.98 Å². The molecule has 17 heavy (non-hydrogen) atoms. The summed E-state index contributed by atoms with van der Waals surface area (Å²) in [6.45, 7) is 1.90. The Morgan fingerprint density at radius 3 is 2.65 bits per heavy atom. The van der Waals surface area contributed by atoms with Gasteiger partial charge >= 0.3 is 0 Å². The van der Waals surface area contributed by atoms with Crippen LogP contribution in [0.15, 0.2) is 30.5 Å². The van der Waals surface area contributed by atoms with E-state index in [0.29, 0.717) is 27.4 Å². The van der Waals surface area contributed by atoms with E-state index in [9.17, 15) is 0 Å². The van der Waals surface area contributed by atoms with Crippen molar-refractivity contribution < 1.29 is 4.74 Å². The molecule has 0 aliphatic heterocycles. The first kappa shape index (κ1) is 12.0. The largest absolute Gasteiger partial charge is 0.437 e. The van der Waals surface area contributed by atoms with Crippen LogP contribution in [0.2, 0.25) is 10.0 Å². The molecule has 0 saturated heterocycles. The van der Waals surface area contributed by atoms with Crippen molar-refractivity contribution in [2.75, 3.05) is 5.73 Å². The summed E-state index contributed by atoms with van der Waals surface area (Å²) in [5.74, 6) is 0.963. The Labute approximate surface area is 109 Å². The average molecular weight is 269 g/mol. The zero-order chi connectivity index (χ0) is 12.4. The minimum atomic E-state index is 0.330. The normalized spacial score (nSPS) is 10.3. The van der Waals surface area contributed by atoms with Gasteiger partial charge in [0.2, 0.25) is 5.88 Å². The first-order chi connectivity index (χ1) is 8.06. The van der Waals surface area contributed by atoms with Crippen molar-refractivity contribution in [1.29, 1.82) is 0 Å². The van der Waals surface area contributed by atoms with Gasteiger partial charge in [0.05, 0.1) is 10.7 Å². The molecule has 0 radical (unpaired) electrons. The first-order valence-electron chi connectivity index (χ1n) is 4.91. The highest BCUT2D eigenvalue weighted by Gasteiger charge is 2.05. The molecule has 0 unspecified atom stereocenters. The molecule has 1 heterocycles. The summed E-state index contributed by atoms with van der Waals surface area (Å²) in [4.78, 5) is 4.01. The van der Waals surface area contributed by atoms with Crippen LogP contribution in [-0.2, 0) is 0 Å². The molecule has 0 bridgehead atoms. The van der Waals surface area contributed by atoms with Gasteiger partial charge in [0, 0.05) is 11.2 Å². The van der Waals surface area contributed by atoms with Gasteiger partial charge in [0.25, 0.3) is 0 Å². The monoisotopic (exact) mass is 268 g/mol. The molecule has 1 aromatic heterocycles. The van der Waals surface area contributed by atoms with Gasteiger partial charge in [-0.25, -0.2) is 4.98 Å². The summed E-state index contributed by atoms with van der Waals surface area (Å²) in [6.07, 6.45) is 1.48. The molecule has 88 valence electrons. The maximum absolute atomic E-state index is 5.92. The molecule has 2 N–H and O–H groups in total. The Kier molecular flexibility index (Phi) is 3.41. The van der Waals surface area contributed by atoms with E-state index in [4.69, 9.17) is 33.7 Å². The highest BCUT2D eigenvalue weighted by atomic mass is 35.5. The van der Waals surface area contributed by atoms with Crippen molar-refractivity contribution in [2.24, 2.45) is 0 Å². The fourth-order valence-corrected chi connectivity index (χ4v) is 1.60. The molecule has 0 amide bonds. The quantitative estimate of drug-likeness (QED) is 0.893. The molecule has 0 atom stereocenters. The second-order valence-electron chi connectivity index (χ2n) is 3.56. The van der Waals surface area contributed by atoms with Crippen LogP contribution in [0.25, 0.3) is 0 Å². The van der Waals surface area contributed by atoms with Crippen molar-refractivity contribution in [3.8, 4) is 11.6 Å². The van der Waals surface area contributed by atoms with Gasteiger partial charge in [-0.05, 0) is 36.8 Å². The minimum Gasteiger partial charge on any atom is -0.437 e. The third-order valence-corrected chi connectivity index (χ3v) is 2.82. The molecular formula is C12H10Cl2N2O. The molecule has 3 nitrogen and oxygen atoms in total. The van der Waals surface area contributed by atoms with Crippen molar-refractivity contribution in [2.45, 2.75) is 6.92 Å². The van der Waals surface area contributed by atoms with Crippen LogP contribution >= 0.6 is 23.2 Å². The Morgan fingerprint density at radius 2 is 2.00 bits per heavy atom. The fourth-order valence-electron chi connectivity index (χ4n) is 1.32. The van der Waals surface area contributed by atoms with Crippen molar-refractivity contribution in [1.82, 2.24) is 4.98 Å². The van der Waals surface area contributed by atoms with Crippen LogP contribution in [0.5, 0.6) is 11.6 Å². The Balaban J connectivity index is 2.28. The van der Waals surface area contributed by atoms with E-state index in [2.05, 4.69) is 4.98 Å². The Morgan fingerprint density at radius 1 is 1.24 bits per heavy atom. The summed E-state index contributed by atoms with van der Waals surface area (Å²) in [5, 5.41) is 1.16. The number of halogens is 2. The molecule has 0 saturated carbocycles. The molecule has 0 aliphatic rings. The third kappa shape index (κ3) is 2.81. The van der Waals surface area contributed by atoms with Crippen LogP contribution in [0.4, 0.5) is 5.69 Å². The molecular weight excluding hydrogens is 259 g/mol. The molecule has 0 aliphatic carbocycles. The maximum Gasteiger partial charge on any atom is 0.242 e. The van der Waals surface area contributed by atoms with Gasteiger partial charge in [0.15, 0.2) is 0 Å². The molecule has 5 heteroatoms. The Hall–Kier alpha value is -1.45. The summed E-state index contributed by atoms with van der Waals surface area (Å²) in [7, 11) is 0. The lowest BCUT2D eigenvalue weighted by atomic mass is 10.2. The standard InChI is InChI=1S/C12H10Cl2N2O/c1-7-4-9(2-3-10(7)14)17-12-11(15)5-8(13)6-16-12/h2-6H,15H2,1H3. The Bertz CT molecular complexity index is 558. The van der Waals surface area contributed by atoms with E-state index in [1.165, 1.54) is 6.20 Å². The summed E-state index contributed by atoms with van der Waals surface area (Å²) in [6, 6.07) is 6.92. The number of hydrogen-bond donors (Lipinski definition) is 1. The number of aromatic nitrogens is 1. The number of nitrogen functional groups attached to an aromatic ring is 1. The topological polar surface area (TPSA) is 48.1 Å². The van der Waals surface area contributed by atoms with Crippen LogP contribution in [0.3, 0.4) is 0 Å². The fraction of sp³-hybridized carbons (Fsp3) is 0.0833. The summed E-state index contributed by atoms with van der Waals surface area (Å²) >= 11 is 11.7. The van der Waals surface area contributed by atoms with E-state index in [1.807, 2.05) is 13.0 Å². The summed E-state index contributed by atoms with van der Waals surface area (Å²) < 4.78 is 5.55. The molecule has 2 aromatic rings. The molecule has 0 spiro atoms. The first-order valence-corrected chi connectivity index (χ1v) is 5.67. The van der Waals surface area contributed by atoms with E-state index in [1.54, 1.807) is 18.2 Å². The minimum absolute atomic E-state index is 0.330. The highest BCUT2D eigenvalue weighted by Crippen LogP contribution is 2.29. The number of nitrogens with two attached hydrogens (primary N) is 1. The number of pyridine rings is 1.